The molecule has 3 aromatic carbocycles. The Morgan fingerprint density at radius 2 is 1.60 bits per heavy atom. The van der Waals surface area contributed by atoms with Crippen molar-refractivity contribution in [3.05, 3.63) is 78.5 Å². The summed E-state index contributed by atoms with van der Waals surface area (Å²) in [4.78, 5) is 0. The lowest BCUT2D eigenvalue weighted by Crippen LogP contribution is -2.30. The van der Waals surface area contributed by atoms with E-state index in [1.54, 1.807) is 0 Å². The van der Waals surface area contributed by atoms with Gasteiger partial charge in [-0.05, 0) is 29.3 Å². The van der Waals surface area contributed by atoms with Gasteiger partial charge in [-0.1, -0.05) is 54.6 Å². The number of hydrogen-bond donors (Lipinski definition) is 0. The number of benzene rings is 3. The first-order valence-electron chi connectivity index (χ1n) is 8.52. The molecule has 2 heteroatoms. The zero-order chi connectivity index (χ0) is 17.0. The first-order valence-corrected chi connectivity index (χ1v) is 9.34. The van der Waals surface area contributed by atoms with Crippen LogP contribution < -0.4 is 4.57 Å². The van der Waals surface area contributed by atoms with Crippen LogP contribution in [0.1, 0.15) is 5.56 Å². The van der Waals surface area contributed by atoms with Crippen molar-refractivity contribution in [1.82, 2.24) is 0 Å². The molecule has 0 N–H and O–H groups in total. The molecule has 0 unspecified atom stereocenters. The molecule has 0 fully saturated rings. The van der Waals surface area contributed by atoms with Crippen molar-refractivity contribution < 1.29 is 4.57 Å². The van der Waals surface area contributed by atoms with Gasteiger partial charge in [-0.2, -0.15) is 0 Å². The second-order valence-corrected chi connectivity index (χ2v) is 7.68. The molecule has 0 saturated heterocycles. The summed E-state index contributed by atoms with van der Waals surface area (Å²) in [5.41, 5.74) is 3.87. The van der Waals surface area contributed by atoms with Crippen LogP contribution in [0.2, 0.25) is 0 Å². The van der Waals surface area contributed by atoms with E-state index in [2.05, 4.69) is 91.5 Å². The summed E-state index contributed by atoms with van der Waals surface area (Å²) in [5, 5.41) is 5.35. The van der Waals surface area contributed by atoms with Crippen LogP contribution in [-0.2, 0) is 7.05 Å². The van der Waals surface area contributed by atoms with Crippen LogP contribution in [0.4, 0.5) is 0 Å². The molecule has 5 rings (SSSR count). The number of aromatic nitrogens is 1. The zero-order valence-corrected chi connectivity index (χ0v) is 15.1. The number of fused-ring (bicyclic) bond motifs is 5. The van der Waals surface area contributed by atoms with Gasteiger partial charge in [0.15, 0.2) is 6.20 Å². The Balaban J connectivity index is 1.87. The highest BCUT2D eigenvalue weighted by atomic mass is 32.1. The predicted octanol–water partition coefficient (Wildman–Crippen LogP) is 6.01. The highest BCUT2D eigenvalue weighted by Crippen LogP contribution is 2.38. The molecule has 0 spiro atoms. The first-order chi connectivity index (χ1) is 12.2. The van der Waals surface area contributed by atoms with Crippen LogP contribution in [-0.4, -0.2) is 0 Å². The van der Waals surface area contributed by atoms with Gasteiger partial charge in [0.1, 0.15) is 7.05 Å². The van der Waals surface area contributed by atoms with Gasteiger partial charge in [0, 0.05) is 26.4 Å². The quantitative estimate of drug-likeness (QED) is 0.329. The summed E-state index contributed by atoms with van der Waals surface area (Å²) in [6, 6.07) is 24.1. The SMILES string of the molecule is Cc1ccccc1-c1cc2sc3c4ccccc4ccc3c2c[n+]1C. The molecule has 0 amide bonds. The Morgan fingerprint density at radius 3 is 2.48 bits per heavy atom. The molecule has 5 aromatic rings. The topological polar surface area (TPSA) is 3.88 Å². The van der Waals surface area contributed by atoms with Crippen molar-refractivity contribution >= 4 is 42.3 Å². The molecule has 0 saturated carbocycles. The molecule has 120 valence electrons. The summed E-state index contributed by atoms with van der Waals surface area (Å²) >= 11 is 1.90. The minimum atomic E-state index is 1.27. The molecule has 0 bridgehead atoms. The minimum Gasteiger partial charge on any atom is -0.200 e. The minimum absolute atomic E-state index is 1.27. The fourth-order valence-corrected chi connectivity index (χ4v) is 4.97. The normalized spacial score (nSPS) is 11.6. The second kappa shape index (κ2) is 5.40. The third-order valence-electron chi connectivity index (χ3n) is 5.04. The van der Waals surface area contributed by atoms with Gasteiger partial charge in [-0.3, -0.25) is 0 Å². The average molecular weight is 340 g/mol. The van der Waals surface area contributed by atoms with Crippen LogP contribution in [0.15, 0.2) is 72.9 Å². The van der Waals surface area contributed by atoms with Crippen LogP contribution >= 0.6 is 11.3 Å². The van der Waals surface area contributed by atoms with Gasteiger partial charge in [-0.25, -0.2) is 4.57 Å². The lowest BCUT2D eigenvalue weighted by Gasteiger charge is -2.04. The van der Waals surface area contributed by atoms with Crippen LogP contribution in [0.5, 0.6) is 0 Å². The van der Waals surface area contributed by atoms with Gasteiger partial charge in [0.25, 0.3) is 0 Å². The summed E-state index contributed by atoms with van der Waals surface area (Å²) in [6.45, 7) is 2.18. The van der Waals surface area contributed by atoms with Gasteiger partial charge >= 0.3 is 0 Å². The molecule has 0 radical (unpaired) electrons. The van der Waals surface area contributed by atoms with Crippen molar-refractivity contribution in [2.75, 3.05) is 0 Å². The smallest absolute Gasteiger partial charge is 0.200 e. The largest absolute Gasteiger partial charge is 0.213 e. The molecule has 25 heavy (non-hydrogen) atoms. The number of pyridine rings is 1. The van der Waals surface area contributed by atoms with Crippen molar-refractivity contribution in [1.29, 1.82) is 0 Å². The summed E-state index contributed by atoms with van der Waals surface area (Å²) in [6.07, 6.45) is 2.28. The van der Waals surface area contributed by atoms with Gasteiger partial charge in [-0.15, -0.1) is 11.3 Å². The van der Waals surface area contributed by atoms with E-state index >= 15 is 0 Å². The molecular weight excluding hydrogens is 322 g/mol. The molecule has 1 nitrogen and oxygen atoms in total. The van der Waals surface area contributed by atoms with Crippen molar-refractivity contribution in [2.45, 2.75) is 6.92 Å². The van der Waals surface area contributed by atoms with Crippen LogP contribution in [0.25, 0.3) is 42.2 Å². The van der Waals surface area contributed by atoms with E-state index in [4.69, 9.17) is 0 Å². The molecule has 0 atom stereocenters. The summed E-state index contributed by atoms with van der Waals surface area (Å²) in [7, 11) is 2.14. The summed E-state index contributed by atoms with van der Waals surface area (Å²) in [5.74, 6) is 0. The van der Waals surface area contributed by atoms with Crippen molar-refractivity contribution in [3.8, 4) is 11.3 Å². The standard InChI is InChI=1S/C23H18NS/c1-15-7-3-5-9-17(15)21-13-22-20(14-24(21)2)19-12-11-16-8-4-6-10-18(16)23(19)25-22/h3-14H,1-2H3/q+1. The van der Waals surface area contributed by atoms with E-state index in [0.717, 1.165) is 0 Å². The fraction of sp³-hybridized carbons (Fsp3) is 0.0870. The number of nitrogens with zero attached hydrogens (tertiary/aromatic N) is 1. The maximum absolute atomic E-state index is 2.34. The molecule has 2 heterocycles. The monoisotopic (exact) mass is 340 g/mol. The Bertz CT molecular complexity index is 1260. The molecule has 0 aliphatic carbocycles. The van der Waals surface area contributed by atoms with Gasteiger partial charge in [0.2, 0.25) is 5.69 Å². The Morgan fingerprint density at radius 1 is 0.800 bits per heavy atom. The van der Waals surface area contributed by atoms with Crippen LogP contribution in [0, 0.1) is 6.92 Å². The maximum Gasteiger partial charge on any atom is 0.213 e. The van der Waals surface area contributed by atoms with Gasteiger partial charge in [0.05, 0.1) is 5.39 Å². The van der Waals surface area contributed by atoms with E-state index in [0.29, 0.717) is 0 Å². The Hall–Kier alpha value is -2.71. The highest BCUT2D eigenvalue weighted by molar-refractivity contribution is 7.26. The third kappa shape index (κ3) is 2.18. The molecule has 0 aliphatic heterocycles. The maximum atomic E-state index is 2.34. The zero-order valence-electron chi connectivity index (χ0n) is 14.3. The van der Waals surface area contributed by atoms with Crippen molar-refractivity contribution in [2.24, 2.45) is 7.05 Å². The van der Waals surface area contributed by atoms with E-state index in [1.165, 1.54) is 47.8 Å². The highest BCUT2D eigenvalue weighted by Gasteiger charge is 2.17. The Kier molecular flexibility index (Phi) is 3.16. The second-order valence-electron chi connectivity index (χ2n) is 6.63. The van der Waals surface area contributed by atoms with E-state index in [1.807, 2.05) is 11.3 Å². The van der Waals surface area contributed by atoms with Gasteiger partial charge < -0.3 is 0 Å². The molecular formula is C23H18NS+. The van der Waals surface area contributed by atoms with E-state index in [9.17, 15) is 0 Å². The lowest BCUT2D eigenvalue weighted by atomic mass is 10.0. The fourth-order valence-electron chi connectivity index (χ4n) is 3.72. The number of hydrogen-bond acceptors (Lipinski definition) is 1. The lowest BCUT2D eigenvalue weighted by molar-refractivity contribution is -0.659. The molecule has 0 aliphatic rings. The number of aryl methyl sites for hydroxylation is 2. The molecule has 2 aromatic heterocycles. The van der Waals surface area contributed by atoms with Crippen LogP contribution in [0.3, 0.4) is 0 Å². The average Bonchev–Trinajstić information content (AvgIpc) is 3.00. The van der Waals surface area contributed by atoms with E-state index < -0.39 is 0 Å². The van der Waals surface area contributed by atoms with Crippen molar-refractivity contribution in [3.63, 3.8) is 0 Å². The van der Waals surface area contributed by atoms with E-state index in [-0.39, 0.29) is 0 Å². The number of rotatable bonds is 1. The number of thiophene rings is 1. The Labute approximate surface area is 150 Å². The predicted molar refractivity (Wildman–Crippen MR) is 108 cm³/mol. The third-order valence-corrected chi connectivity index (χ3v) is 6.24. The first kappa shape index (κ1) is 14.6. The summed E-state index contributed by atoms with van der Waals surface area (Å²) < 4.78 is 4.99.